The largest absolute Gasteiger partial charge is 0.490 e. The van der Waals surface area contributed by atoms with Gasteiger partial charge in [0.1, 0.15) is 0 Å². The van der Waals surface area contributed by atoms with E-state index >= 15 is 0 Å². The van der Waals surface area contributed by atoms with Crippen LogP contribution in [0.2, 0.25) is 0 Å². The van der Waals surface area contributed by atoms with E-state index in [1.165, 1.54) is 0 Å². The second-order valence-electron chi connectivity index (χ2n) is 5.99. The SMILES string of the molecule is CCOc1cc(Br)c(CC(=O)N2CC(C)OC(C)C2)cc1OCC. The third-order valence-corrected chi connectivity index (χ3v) is 4.56. The van der Waals surface area contributed by atoms with E-state index in [9.17, 15) is 4.79 Å². The zero-order valence-corrected chi connectivity index (χ0v) is 16.4. The molecule has 5 nitrogen and oxygen atoms in total. The second-order valence-corrected chi connectivity index (χ2v) is 6.84. The standard InChI is InChI=1S/C18H26BrNO4/c1-5-22-16-7-14(15(19)9-17(16)23-6-2)8-18(21)20-10-12(3)24-13(4)11-20/h7,9,12-13H,5-6,8,10-11H2,1-4H3. The van der Waals surface area contributed by atoms with Crippen molar-refractivity contribution in [3.05, 3.63) is 22.2 Å². The van der Waals surface area contributed by atoms with Gasteiger partial charge in [-0.3, -0.25) is 4.79 Å². The van der Waals surface area contributed by atoms with Crippen LogP contribution in [-0.4, -0.2) is 49.3 Å². The lowest BCUT2D eigenvalue weighted by molar-refractivity contribution is -0.142. The lowest BCUT2D eigenvalue weighted by Gasteiger charge is -2.35. The topological polar surface area (TPSA) is 48.0 Å². The maximum Gasteiger partial charge on any atom is 0.227 e. The molecule has 1 aliphatic heterocycles. The summed E-state index contributed by atoms with van der Waals surface area (Å²) in [4.78, 5) is 14.5. The number of carbonyl (C=O) groups is 1. The number of rotatable bonds is 6. The maximum atomic E-state index is 12.7. The highest BCUT2D eigenvalue weighted by molar-refractivity contribution is 9.10. The second kappa shape index (κ2) is 8.72. The van der Waals surface area contributed by atoms with Crippen LogP contribution in [0.1, 0.15) is 33.3 Å². The van der Waals surface area contributed by atoms with E-state index in [-0.39, 0.29) is 18.1 Å². The van der Waals surface area contributed by atoms with Crippen molar-refractivity contribution in [2.24, 2.45) is 0 Å². The molecule has 1 fully saturated rings. The zero-order valence-electron chi connectivity index (χ0n) is 14.8. The summed E-state index contributed by atoms with van der Waals surface area (Å²) in [5, 5.41) is 0. The molecular formula is C18H26BrNO4. The monoisotopic (exact) mass is 399 g/mol. The first-order chi connectivity index (χ1) is 11.4. The Morgan fingerprint density at radius 2 is 1.71 bits per heavy atom. The first kappa shape index (κ1) is 19.1. The molecule has 134 valence electrons. The molecule has 0 aromatic heterocycles. The van der Waals surface area contributed by atoms with Gasteiger partial charge in [-0.25, -0.2) is 0 Å². The van der Waals surface area contributed by atoms with Crippen molar-refractivity contribution < 1.29 is 19.0 Å². The Morgan fingerprint density at radius 1 is 1.17 bits per heavy atom. The third-order valence-electron chi connectivity index (χ3n) is 3.83. The van der Waals surface area contributed by atoms with Crippen LogP contribution in [0.3, 0.4) is 0 Å². The number of morpholine rings is 1. The molecule has 1 aliphatic rings. The fourth-order valence-electron chi connectivity index (χ4n) is 2.91. The van der Waals surface area contributed by atoms with Gasteiger partial charge in [-0.15, -0.1) is 0 Å². The van der Waals surface area contributed by atoms with E-state index in [1.54, 1.807) is 0 Å². The van der Waals surface area contributed by atoms with E-state index in [4.69, 9.17) is 14.2 Å². The number of hydrogen-bond acceptors (Lipinski definition) is 4. The molecular weight excluding hydrogens is 374 g/mol. The molecule has 0 saturated carbocycles. The number of nitrogens with zero attached hydrogens (tertiary/aromatic N) is 1. The van der Waals surface area contributed by atoms with E-state index < -0.39 is 0 Å². The molecule has 1 saturated heterocycles. The number of benzene rings is 1. The van der Waals surface area contributed by atoms with Crippen LogP contribution in [-0.2, 0) is 16.0 Å². The van der Waals surface area contributed by atoms with Gasteiger partial charge in [0, 0.05) is 17.6 Å². The highest BCUT2D eigenvalue weighted by Crippen LogP contribution is 2.34. The Kier molecular flexibility index (Phi) is 6.92. The van der Waals surface area contributed by atoms with Gasteiger partial charge in [0.25, 0.3) is 0 Å². The molecule has 2 unspecified atom stereocenters. The molecule has 1 heterocycles. The van der Waals surface area contributed by atoms with E-state index in [2.05, 4.69) is 15.9 Å². The normalized spacial score (nSPS) is 20.8. The summed E-state index contributed by atoms with van der Waals surface area (Å²) >= 11 is 3.55. The highest BCUT2D eigenvalue weighted by atomic mass is 79.9. The van der Waals surface area contributed by atoms with Crippen molar-refractivity contribution in [2.75, 3.05) is 26.3 Å². The molecule has 0 aliphatic carbocycles. The minimum Gasteiger partial charge on any atom is -0.490 e. The minimum atomic E-state index is 0.0699. The van der Waals surface area contributed by atoms with Crippen molar-refractivity contribution in [2.45, 2.75) is 46.3 Å². The highest BCUT2D eigenvalue weighted by Gasteiger charge is 2.26. The predicted octanol–water partition coefficient (Wildman–Crippen LogP) is 3.42. The smallest absolute Gasteiger partial charge is 0.227 e. The zero-order chi connectivity index (χ0) is 17.7. The summed E-state index contributed by atoms with van der Waals surface area (Å²) in [5.74, 6) is 1.47. The van der Waals surface area contributed by atoms with E-state index in [1.807, 2.05) is 44.7 Å². The predicted molar refractivity (Wildman–Crippen MR) is 96.8 cm³/mol. The fourth-order valence-corrected chi connectivity index (χ4v) is 3.37. The molecule has 24 heavy (non-hydrogen) atoms. The Bertz CT molecular complexity index is 568. The Hall–Kier alpha value is -1.27. The van der Waals surface area contributed by atoms with Gasteiger partial charge < -0.3 is 19.1 Å². The van der Waals surface area contributed by atoms with Crippen LogP contribution < -0.4 is 9.47 Å². The lowest BCUT2D eigenvalue weighted by atomic mass is 10.1. The summed E-state index contributed by atoms with van der Waals surface area (Å²) in [7, 11) is 0. The summed E-state index contributed by atoms with van der Waals surface area (Å²) in [5.41, 5.74) is 0.902. The molecule has 2 atom stereocenters. The molecule has 0 N–H and O–H groups in total. The summed E-state index contributed by atoms with van der Waals surface area (Å²) < 4.78 is 17.8. The first-order valence-corrected chi connectivity index (χ1v) is 9.25. The third kappa shape index (κ3) is 4.86. The number of hydrogen-bond donors (Lipinski definition) is 0. The summed E-state index contributed by atoms with van der Waals surface area (Å²) in [6.45, 7) is 10.2. The number of carbonyl (C=O) groups excluding carboxylic acids is 1. The Morgan fingerprint density at radius 3 is 2.25 bits per heavy atom. The summed E-state index contributed by atoms with van der Waals surface area (Å²) in [6, 6.07) is 3.77. The molecule has 1 aromatic carbocycles. The van der Waals surface area contributed by atoms with Gasteiger partial charge >= 0.3 is 0 Å². The van der Waals surface area contributed by atoms with Crippen molar-refractivity contribution in [1.29, 1.82) is 0 Å². The van der Waals surface area contributed by atoms with Crippen LogP contribution in [0.5, 0.6) is 11.5 Å². The lowest BCUT2D eigenvalue weighted by Crippen LogP contribution is -2.48. The average Bonchev–Trinajstić information content (AvgIpc) is 2.51. The van der Waals surface area contributed by atoms with Gasteiger partial charge in [0.05, 0.1) is 31.8 Å². The number of halogens is 1. The number of ether oxygens (including phenoxy) is 3. The molecule has 6 heteroatoms. The van der Waals surface area contributed by atoms with Gasteiger partial charge in [-0.1, -0.05) is 15.9 Å². The van der Waals surface area contributed by atoms with E-state index in [0.717, 1.165) is 10.0 Å². The molecule has 1 amide bonds. The summed E-state index contributed by atoms with van der Waals surface area (Å²) in [6.07, 6.45) is 0.466. The maximum absolute atomic E-state index is 12.7. The van der Waals surface area contributed by atoms with Crippen LogP contribution in [0.15, 0.2) is 16.6 Å². The Balaban J connectivity index is 2.16. The molecule has 2 rings (SSSR count). The van der Waals surface area contributed by atoms with Crippen molar-refractivity contribution in [3.63, 3.8) is 0 Å². The van der Waals surface area contributed by atoms with Crippen LogP contribution in [0.25, 0.3) is 0 Å². The van der Waals surface area contributed by atoms with Gasteiger partial charge in [0.2, 0.25) is 5.91 Å². The molecule has 1 aromatic rings. The van der Waals surface area contributed by atoms with Crippen LogP contribution >= 0.6 is 15.9 Å². The van der Waals surface area contributed by atoms with Gasteiger partial charge in [-0.2, -0.15) is 0 Å². The quantitative estimate of drug-likeness (QED) is 0.734. The van der Waals surface area contributed by atoms with E-state index in [0.29, 0.717) is 44.2 Å². The molecule has 0 radical (unpaired) electrons. The Labute approximate surface area is 152 Å². The molecule has 0 spiro atoms. The van der Waals surface area contributed by atoms with Crippen LogP contribution in [0.4, 0.5) is 0 Å². The number of amides is 1. The van der Waals surface area contributed by atoms with Crippen molar-refractivity contribution >= 4 is 21.8 Å². The average molecular weight is 400 g/mol. The van der Waals surface area contributed by atoms with Gasteiger partial charge in [-0.05, 0) is 45.4 Å². The molecule has 0 bridgehead atoms. The van der Waals surface area contributed by atoms with Crippen LogP contribution in [0, 0.1) is 0 Å². The minimum absolute atomic E-state index is 0.0699. The fraction of sp³-hybridized carbons (Fsp3) is 0.611. The van der Waals surface area contributed by atoms with Crippen molar-refractivity contribution in [3.8, 4) is 11.5 Å². The van der Waals surface area contributed by atoms with Gasteiger partial charge in [0.15, 0.2) is 11.5 Å². The first-order valence-electron chi connectivity index (χ1n) is 8.45. The van der Waals surface area contributed by atoms with Crippen molar-refractivity contribution in [1.82, 2.24) is 4.90 Å².